The lowest BCUT2D eigenvalue weighted by molar-refractivity contribution is 1.37. The van der Waals surface area contributed by atoms with E-state index in [0.29, 0.717) is 0 Å². The molecule has 0 spiro atoms. The molecule has 250 valence electrons. The molecule has 0 aliphatic carbocycles. The highest BCUT2D eigenvalue weighted by Crippen LogP contribution is 2.37. The highest BCUT2D eigenvalue weighted by molar-refractivity contribution is 6.14. The van der Waals surface area contributed by atoms with Gasteiger partial charge in [-0.15, -0.1) is 0 Å². The topological polar surface area (TPSA) is 51.6 Å². The maximum atomic E-state index is 5.20. The van der Waals surface area contributed by atoms with Crippen LogP contribution in [-0.2, 0) is 0 Å². The fraction of sp³-hybridized carbons (Fsp3) is 0. The fourth-order valence-corrected chi connectivity index (χ4v) is 8.00. The van der Waals surface area contributed by atoms with Gasteiger partial charge in [0, 0.05) is 45.1 Å². The molecular weight excluding hydrogens is 657 g/mol. The Morgan fingerprint density at radius 2 is 0.889 bits per heavy atom. The van der Waals surface area contributed by atoms with E-state index in [1.165, 1.54) is 27.1 Å². The predicted molar refractivity (Wildman–Crippen MR) is 224 cm³/mol. The van der Waals surface area contributed by atoms with Gasteiger partial charge in [-0.05, 0) is 86.3 Å². The largest absolute Gasteiger partial charge is 0.254 e. The van der Waals surface area contributed by atoms with Crippen molar-refractivity contribution in [2.45, 2.75) is 0 Å². The highest BCUT2D eigenvalue weighted by atomic mass is 14.7. The predicted octanol–water partition coefficient (Wildman–Crippen LogP) is 12.9. The molecule has 0 bridgehead atoms. The summed E-state index contributed by atoms with van der Waals surface area (Å²) >= 11 is 0. The summed E-state index contributed by atoms with van der Waals surface area (Å²) in [4.78, 5) is 19.7. The molecule has 7 aromatic carbocycles. The third kappa shape index (κ3) is 5.00. The van der Waals surface area contributed by atoms with Crippen molar-refractivity contribution in [3.05, 3.63) is 182 Å². The van der Waals surface area contributed by atoms with Crippen LogP contribution < -0.4 is 0 Å². The van der Waals surface area contributed by atoms with Crippen LogP contribution in [0.4, 0.5) is 0 Å². The van der Waals surface area contributed by atoms with Gasteiger partial charge in [0.2, 0.25) is 0 Å². The molecule has 0 saturated carbocycles. The minimum atomic E-state index is 0.918. The average Bonchev–Trinajstić information content (AvgIpc) is 3.25. The molecular formula is C50H30N4. The summed E-state index contributed by atoms with van der Waals surface area (Å²) in [5.74, 6) is 0. The molecule has 0 N–H and O–H groups in total. The first kappa shape index (κ1) is 30.3. The second kappa shape index (κ2) is 12.1. The quantitative estimate of drug-likeness (QED) is 0.173. The van der Waals surface area contributed by atoms with Crippen molar-refractivity contribution in [1.82, 2.24) is 19.9 Å². The first-order valence-electron chi connectivity index (χ1n) is 18.2. The first-order chi connectivity index (χ1) is 26.7. The van der Waals surface area contributed by atoms with Crippen molar-refractivity contribution >= 4 is 65.2 Å². The summed E-state index contributed by atoms with van der Waals surface area (Å²) < 4.78 is 0. The van der Waals surface area contributed by atoms with Crippen molar-refractivity contribution < 1.29 is 0 Å². The van der Waals surface area contributed by atoms with Crippen LogP contribution in [0.5, 0.6) is 0 Å². The summed E-state index contributed by atoms with van der Waals surface area (Å²) in [6.07, 6.45) is 3.70. The third-order valence-corrected chi connectivity index (χ3v) is 10.7. The number of benzene rings is 7. The van der Waals surface area contributed by atoms with Gasteiger partial charge in [-0.2, -0.15) is 0 Å². The lowest BCUT2D eigenvalue weighted by Gasteiger charge is -2.12. The second-order valence-corrected chi connectivity index (χ2v) is 13.9. The fourth-order valence-electron chi connectivity index (χ4n) is 8.00. The van der Waals surface area contributed by atoms with Gasteiger partial charge in [-0.1, -0.05) is 127 Å². The zero-order valence-corrected chi connectivity index (χ0v) is 29.1. The van der Waals surface area contributed by atoms with Crippen LogP contribution >= 0.6 is 0 Å². The van der Waals surface area contributed by atoms with Crippen LogP contribution in [0.25, 0.3) is 110 Å². The Morgan fingerprint density at radius 3 is 1.70 bits per heavy atom. The Balaban J connectivity index is 0.939. The summed E-state index contributed by atoms with van der Waals surface area (Å²) in [6, 6.07) is 60.2. The van der Waals surface area contributed by atoms with Crippen LogP contribution in [0.1, 0.15) is 0 Å². The average molecular weight is 687 g/mol. The molecule has 0 saturated heterocycles. The molecule has 0 aliphatic rings. The number of hydrogen-bond donors (Lipinski definition) is 0. The Morgan fingerprint density at radius 1 is 0.296 bits per heavy atom. The monoisotopic (exact) mass is 686 g/mol. The van der Waals surface area contributed by atoms with E-state index in [-0.39, 0.29) is 0 Å². The van der Waals surface area contributed by atoms with Crippen molar-refractivity contribution in [3.8, 4) is 44.8 Å². The van der Waals surface area contributed by atoms with E-state index in [1.54, 1.807) is 0 Å². The van der Waals surface area contributed by atoms with Gasteiger partial charge in [0.25, 0.3) is 0 Å². The minimum Gasteiger partial charge on any atom is -0.254 e. The number of pyridine rings is 4. The highest BCUT2D eigenvalue weighted by Gasteiger charge is 2.12. The molecule has 0 aliphatic heterocycles. The van der Waals surface area contributed by atoms with Crippen LogP contribution in [0.2, 0.25) is 0 Å². The zero-order chi connectivity index (χ0) is 35.6. The van der Waals surface area contributed by atoms with Crippen molar-refractivity contribution in [2.24, 2.45) is 0 Å². The van der Waals surface area contributed by atoms with Gasteiger partial charge >= 0.3 is 0 Å². The molecule has 0 radical (unpaired) electrons. The molecule has 0 atom stereocenters. The SMILES string of the molecule is c1ccc2c(c1)cc(-c1ccc3ccc(-c4ccc5ccc(-c6ccc(-c7ccnc8c7ccc7cccnc78)cc6)nc5c4)nc3c1)c1ccccc12. The molecule has 4 heteroatoms. The van der Waals surface area contributed by atoms with Gasteiger partial charge in [-0.25, -0.2) is 9.97 Å². The minimum absolute atomic E-state index is 0.918. The number of hydrogen-bond acceptors (Lipinski definition) is 4. The van der Waals surface area contributed by atoms with E-state index in [0.717, 1.165) is 82.8 Å². The smallest absolute Gasteiger partial charge is 0.0970 e. The second-order valence-electron chi connectivity index (χ2n) is 13.9. The molecule has 0 amide bonds. The van der Waals surface area contributed by atoms with Crippen LogP contribution in [0.15, 0.2) is 182 Å². The van der Waals surface area contributed by atoms with E-state index >= 15 is 0 Å². The Labute approximate surface area is 311 Å². The summed E-state index contributed by atoms with van der Waals surface area (Å²) in [5.41, 5.74) is 12.3. The van der Waals surface area contributed by atoms with E-state index in [4.69, 9.17) is 15.0 Å². The van der Waals surface area contributed by atoms with Crippen LogP contribution in [-0.4, -0.2) is 19.9 Å². The van der Waals surface area contributed by atoms with Crippen LogP contribution in [0.3, 0.4) is 0 Å². The Bertz CT molecular complexity index is 3280. The molecule has 0 fully saturated rings. The maximum Gasteiger partial charge on any atom is 0.0970 e. The molecule has 4 nitrogen and oxygen atoms in total. The Hall–Kier alpha value is -7.30. The molecule has 11 aromatic rings. The third-order valence-electron chi connectivity index (χ3n) is 10.7. The Kier molecular flexibility index (Phi) is 6.82. The van der Waals surface area contributed by atoms with Gasteiger partial charge in [-0.3, -0.25) is 9.97 Å². The summed E-state index contributed by atoms with van der Waals surface area (Å²) in [5, 5.41) is 9.40. The first-order valence-corrected chi connectivity index (χ1v) is 18.2. The van der Waals surface area contributed by atoms with Gasteiger partial charge < -0.3 is 0 Å². The standard InChI is InChI=1S/C50H30N4/c1-2-8-39-36(6-1)28-44(42-10-4-3-9-41(39)42)37-17-15-33-21-24-46(54-47(33)29-37)38-18-16-34-20-23-45(53-48(34)30-38)32-13-11-31(12-14-32)40-25-27-52-50-43(40)22-19-35-7-5-26-51-49(35)50/h1-30H. The van der Waals surface area contributed by atoms with E-state index in [1.807, 2.05) is 18.5 Å². The normalized spacial score (nSPS) is 11.7. The van der Waals surface area contributed by atoms with Gasteiger partial charge in [0.1, 0.15) is 0 Å². The molecule has 0 unspecified atom stereocenters. The molecule has 4 heterocycles. The molecule has 4 aromatic heterocycles. The van der Waals surface area contributed by atoms with Crippen molar-refractivity contribution in [1.29, 1.82) is 0 Å². The van der Waals surface area contributed by atoms with Gasteiger partial charge in [0.15, 0.2) is 0 Å². The molecule has 11 rings (SSSR count). The van der Waals surface area contributed by atoms with Gasteiger partial charge in [0.05, 0.1) is 33.5 Å². The van der Waals surface area contributed by atoms with E-state index in [2.05, 4.69) is 169 Å². The van der Waals surface area contributed by atoms with Crippen molar-refractivity contribution in [3.63, 3.8) is 0 Å². The van der Waals surface area contributed by atoms with E-state index in [9.17, 15) is 0 Å². The van der Waals surface area contributed by atoms with Crippen LogP contribution in [0, 0.1) is 0 Å². The number of aromatic nitrogens is 4. The molecule has 54 heavy (non-hydrogen) atoms. The summed E-state index contributed by atoms with van der Waals surface area (Å²) in [6.45, 7) is 0. The maximum absolute atomic E-state index is 5.20. The number of rotatable bonds is 4. The lowest BCUT2D eigenvalue weighted by atomic mass is 9.93. The number of nitrogens with zero attached hydrogens (tertiary/aromatic N) is 4. The van der Waals surface area contributed by atoms with Crippen molar-refractivity contribution in [2.75, 3.05) is 0 Å². The summed E-state index contributed by atoms with van der Waals surface area (Å²) in [7, 11) is 0. The number of fused-ring (bicyclic) bond motifs is 8. The lowest BCUT2D eigenvalue weighted by Crippen LogP contribution is -1.90. The zero-order valence-electron chi connectivity index (χ0n) is 29.1. The van der Waals surface area contributed by atoms with E-state index < -0.39 is 0 Å².